The van der Waals surface area contributed by atoms with Crippen LogP contribution in [0.25, 0.3) is 0 Å². The molecule has 0 aromatic heterocycles. The standard InChI is InChI=1S/C20H26O/c1-3-14-5-9-19-18-7-4-13-12-15(21)6-8-16(13)17(18)10-11-20(14,19)2/h3,6,8,12,14,17-19,21H,1,4-5,7,9-11H2,2H3/t14-,17?,18?,19?,20+/m0/s1. The van der Waals surface area contributed by atoms with E-state index in [-0.39, 0.29) is 0 Å². The lowest BCUT2D eigenvalue weighted by atomic mass is 9.54. The third-order valence-electron chi connectivity index (χ3n) is 7.07. The zero-order valence-corrected chi connectivity index (χ0v) is 13.0. The van der Waals surface area contributed by atoms with Crippen molar-refractivity contribution in [3.8, 4) is 5.75 Å². The van der Waals surface area contributed by atoms with Crippen LogP contribution in [0.2, 0.25) is 0 Å². The van der Waals surface area contributed by atoms with Crippen molar-refractivity contribution in [2.75, 3.05) is 0 Å². The Hall–Kier alpha value is -1.24. The van der Waals surface area contributed by atoms with Crippen LogP contribution in [-0.2, 0) is 6.42 Å². The van der Waals surface area contributed by atoms with Crippen LogP contribution in [0.3, 0.4) is 0 Å². The summed E-state index contributed by atoms with van der Waals surface area (Å²) in [5, 5.41) is 9.73. The van der Waals surface area contributed by atoms with Gasteiger partial charge in [-0.05, 0) is 90.9 Å². The largest absolute Gasteiger partial charge is 0.508 e. The average molecular weight is 282 g/mol. The number of benzene rings is 1. The molecule has 112 valence electrons. The molecule has 1 aromatic rings. The van der Waals surface area contributed by atoms with Crippen LogP contribution in [0, 0.1) is 23.2 Å². The zero-order valence-electron chi connectivity index (χ0n) is 13.0. The molecule has 1 N–H and O–H groups in total. The highest BCUT2D eigenvalue weighted by Gasteiger charge is 2.53. The quantitative estimate of drug-likeness (QED) is 0.715. The summed E-state index contributed by atoms with van der Waals surface area (Å²) in [6.45, 7) is 6.63. The summed E-state index contributed by atoms with van der Waals surface area (Å²) in [7, 11) is 0. The van der Waals surface area contributed by atoms with Crippen molar-refractivity contribution in [3.63, 3.8) is 0 Å². The number of phenolic OH excluding ortho intramolecular Hbond substituents is 1. The van der Waals surface area contributed by atoms with E-state index >= 15 is 0 Å². The number of aromatic hydroxyl groups is 1. The second-order valence-electron chi connectivity index (χ2n) is 7.76. The van der Waals surface area contributed by atoms with Gasteiger partial charge in [0.1, 0.15) is 5.75 Å². The highest BCUT2D eigenvalue weighted by molar-refractivity contribution is 5.40. The molecule has 3 unspecified atom stereocenters. The molecule has 1 aromatic carbocycles. The topological polar surface area (TPSA) is 20.2 Å². The number of hydrogen-bond acceptors (Lipinski definition) is 1. The molecular weight excluding hydrogens is 256 g/mol. The first-order valence-corrected chi connectivity index (χ1v) is 8.58. The van der Waals surface area contributed by atoms with Gasteiger partial charge in [0.25, 0.3) is 0 Å². The van der Waals surface area contributed by atoms with E-state index in [1.54, 1.807) is 0 Å². The Morgan fingerprint density at radius 1 is 1.24 bits per heavy atom. The van der Waals surface area contributed by atoms with Gasteiger partial charge in [0.2, 0.25) is 0 Å². The van der Waals surface area contributed by atoms with Crippen molar-refractivity contribution >= 4 is 0 Å². The summed E-state index contributed by atoms with van der Waals surface area (Å²) in [5.74, 6) is 3.62. The van der Waals surface area contributed by atoms with E-state index in [0.717, 1.165) is 30.1 Å². The molecule has 1 nitrogen and oxygen atoms in total. The summed E-state index contributed by atoms with van der Waals surface area (Å²) in [6.07, 6.45) is 10.1. The van der Waals surface area contributed by atoms with Gasteiger partial charge in [0.05, 0.1) is 0 Å². The Balaban J connectivity index is 1.70. The van der Waals surface area contributed by atoms with Gasteiger partial charge in [-0.15, -0.1) is 6.58 Å². The van der Waals surface area contributed by atoms with E-state index in [0.29, 0.717) is 11.2 Å². The minimum absolute atomic E-state index is 0.431. The van der Waals surface area contributed by atoms with Gasteiger partial charge in [-0.25, -0.2) is 0 Å². The summed E-state index contributed by atoms with van der Waals surface area (Å²) in [4.78, 5) is 0. The molecule has 0 spiro atoms. The normalized spacial score (nSPS) is 41.0. The lowest BCUT2D eigenvalue weighted by Crippen LogP contribution is -2.41. The van der Waals surface area contributed by atoms with Crippen molar-refractivity contribution in [2.45, 2.75) is 51.4 Å². The third kappa shape index (κ3) is 1.82. The first-order valence-electron chi connectivity index (χ1n) is 8.58. The Kier molecular flexibility index (Phi) is 2.96. The predicted molar refractivity (Wildman–Crippen MR) is 86.4 cm³/mol. The number of allylic oxidation sites excluding steroid dienone is 1. The summed E-state index contributed by atoms with van der Waals surface area (Å²) < 4.78 is 0. The first-order chi connectivity index (χ1) is 10.1. The Bertz CT molecular complexity index is 575. The molecule has 5 atom stereocenters. The smallest absolute Gasteiger partial charge is 0.115 e. The summed E-state index contributed by atoms with van der Waals surface area (Å²) in [5.41, 5.74) is 3.43. The van der Waals surface area contributed by atoms with Gasteiger partial charge in [0.15, 0.2) is 0 Å². The second kappa shape index (κ2) is 4.63. The molecule has 3 aliphatic rings. The number of phenols is 1. The lowest BCUT2D eigenvalue weighted by Gasteiger charge is -2.50. The van der Waals surface area contributed by atoms with Crippen molar-refractivity contribution in [1.29, 1.82) is 0 Å². The van der Waals surface area contributed by atoms with E-state index < -0.39 is 0 Å². The molecule has 0 amide bonds. The molecule has 1 heteroatoms. The van der Waals surface area contributed by atoms with Gasteiger partial charge in [0, 0.05) is 0 Å². The SMILES string of the molecule is C=C[C@H]1CCC2C3CCc4cc(O)ccc4C3CC[C@@]21C. The zero-order chi connectivity index (χ0) is 14.6. The summed E-state index contributed by atoms with van der Waals surface area (Å²) >= 11 is 0. The molecule has 0 aliphatic heterocycles. The molecule has 0 bridgehead atoms. The van der Waals surface area contributed by atoms with Crippen LogP contribution >= 0.6 is 0 Å². The Morgan fingerprint density at radius 3 is 2.90 bits per heavy atom. The van der Waals surface area contributed by atoms with Crippen molar-refractivity contribution in [2.24, 2.45) is 23.2 Å². The third-order valence-corrected chi connectivity index (χ3v) is 7.07. The van der Waals surface area contributed by atoms with E-state index in [1.165, 1.54) is 43.2 Å². The molecule has 0 heterocycles. The van der Waals surface area contributed by atoms with Crippen molar-refractivity contribution in [1.82, 2.24) is 0 Å². The molecule has 2 fully saturated rings. The van der Waals surface area contributed by atoms with Crippen LogP contribution in [0.5, 0.6) is 5.75 Å². The van der Waals surface area contributed by atoms with Crippen LogP contribution in [-0.4, -0.2) is 5.11 Å². The molecule has 21 heavy (non-hydrogen) atoms. The second-order valence-corrected chi connectivity index (χ2v) is 7.76. The first kappa shape index (κ1) is 13.4. The molecule has 0 saturated heterocycles. The van der Waals surface area contributed by atoms with Crippen LogP contribution < -0.4 is 0 Å². The van der Waals surface area contributed by atoms with Gasteiger partial charge < -0.3 is 5.11 Å². The molecule has 2 saturated carbocycles. The molecule has 3 aliphatic carbocycles. The summed E-state index contributed by atoms with van der Waals surface area (Å²) in [6, 6.07) is 6.08. The maximum Gasteiger partial charge on any atom is 0.115 e. The minimum atomic E-state index is 0.431. The van der Waals surface area contributed by atoms with E-state index in [4.69, 9.17) is 0 Å². The highest BCUT2D eigenvalue weighted by Crippen LogP contribution is 2.63. The lowest BCUT2D eigenvalue weighted by molar-refractivity contribution is 0.0410. The maximum absolute atomic E-state index is 9.73. The van der Waals surface area contributed by atoms with Crippen molar-refractivity contribution < 1.29 is 5.11 Å². The number of aryl methyl sites for hydroxylation is 1. The van der Waals surface area contributed by atoms with E-state index in [2.05, 4.69) is 25.6 Å². The van der Waals surface area contributed by atoms with Crippen LogP contribution in [0.1, 0.15) is 56.1 Å². The monoisotopic (exact) mass is 282 g/mol. The Labute approximate surface area is 128 Å². The molecule has 0 radical (unpaired) electrons. The van der Waals surface area contributed by atoms with Crippen molar-refractivity contribution in [3.05, 3.63) is 42.0 Å². The van der Waals surface area contributed by atoms with Gasteiger partial charge in [-0.1, -0.05) is 19.1 Å². The predicted octanol–water partition coefficient (Wildman–Crippen LogP) is 5.05. The fourth-order valence-electron chi connectivity index (χ4n) is 6.00. The Morgan fingerprint density at radius 2 is 2.10 bits per heavy atom. The van der Waals surface area contributed by atoms with E-state index in [9.17, 15) is 5.11 Å². The van der Waals surface area contributed by atoms with E-state index in [1.807, 2.05) is 12.1 Å². The van der Waals surface area contributed by atoms with Gasteiger partial charge >= 0.3 is 0 Å². The minimum Gasteiger partial charge on any atom is -0.508 e. The number of hydrogen-bond donors (Lipinski definition) is 1. The molecule has 4 rings (SSSR count). The fourth-order valence-corrected chi connectivity index (χ4v) is 6.00. The van der Waals surface area contributed by atoms with Crippen LogP contribution in [0.4, 0.5) is 0 Å². The van der Waals surface area contributed by atoms with Crippen LogP contribution in [0.15, 0.2) is 30.9 Å². The number of fused-ring (bicyclic) bond motifs is 5. The molecular formula is C20H26O. The highest BCUT2D eigenvalue weighted by atomic mass is 16.3. The van der Waals surface area contributed by atoms with Gasteiger partial charge in [-0.3, -0.25) is 0 Å². The van der Waals surface area contributed by atoms with Gasteiger partial charge in [-0.2, -0.15) is 0 Å². The average Bonchev–Trinajstić information content (AvgIpc) is 2.83. The fraction of sp³-hybridized carbons (Fsp3) is 0.600. The number of rotatable bonds is 1. The maximum atomic E-state index is 9.73.